The molecule has 0 aliphatic carbocycles. The van der Waals surface area contributed by atoms with E-state index in [-0.39, 0.29) is 17.2 Å². The summed E-state index contributed by atoms with van der Waals surface area (Å²) in [5.41, 5.74) is 0.987. The normalized spacial score (nSPS) is 18.7. The van der Waals surface area contributed by atoms with Crippen LogP contribution < -0.4 is 10.4 Å². The van der Waals surface area contributed by atoms with Crippen molar-refractivity contribution >= 4 is 30.4 Å². The fourth-order valence-corrected chi connectivity index (χ4v) is 9.55. The molecule has 1 heterocycles. The van der Waals surface area contributed by atoms with E-state index in [1.54, 1.807) is 0 Å². The van der Waals surface area contributed by atoms with E-state index in [9.17, 15) is 9.59 Å². The molecule has 3 aromatic rings. The maximum absolute atomic E-state index is 12.9. The molecule has 0 bridgehead atoms. The lowest BCUT2D eigenvalue weighted by molar-refractivity contribution is -0.215. The van der Waals surface area contributed by atoms with Crippen LogP contribution in [0.15, 0.2) is 91.0 Å². The van der Waals surface area contributed by atoms with Crippen molar-refractivity contribution in [3.63, 3.8) is 0 Å². The number of carbonyl (C=O) groups excluding carboxylic acids is 2. The van der Waals surface area contributed by atoms with Crippen LogP contribution in [0.1, 0.15) is 39.7 Å². The minimum Gasteiger partial charge on any atom is -0.454 e. The summed E-state index contributed by atoms with van der Waals surface area (Å²) in [7, 11) is -2.98. The van der Waals surface area contributed by atoms with Crippen LogP contribution in [-0.4, -0.2) is 38.4 Å². The Balaban J connectivity index is 1.70. The quantitative estimate of drug-likeness (QED) is 0.303. The monoisotopic (exact) mass is 502 g/mol. The fraction of sp³-hybridized carbons (Fsp3) is 0.333. The maximum Gasteiger partial charge on any atom is 0.338 e. The molecule has 0 radical (unpaired) electrons. The molecule has 3 aromatic carbocycles. The minimum atomic E-state index is -2.98. The highest BCUT2D eigenvalue weighted by molar-refractivity contribution is 6.99. The van der Waals surface area contributed by atoms with Crippen LogP contribution in [-0.2, 0) is 30.1 Å². The Hall–Kier alpha value is -3.06. The van der Waals surface area contributed by atoms with Crippen LogP contribution in [0.5, 0.6) is 0 Å². The molecule has 0 spiro atoms. The molecule has 5 nitrogen and oxygen atoms in total. The number of rotatable bonds is 10. The zero-order valence-corrected chi connectivity index (χ0v) is 22.3. The van der Waals surface area contributed by atoms with Crippen molar-refractivity contribution in [1.82, 2.24) is 0 Å². The number of hydrogen-bond donors (Lipinski definition) is 0. The summed E-state index contributed by atoms with van der Waals surface area (Å²) >= 11 is 0. The number of esters is 1. The summed E-state index contributed by atoms with van der Waals surface area (Å²) in [6.07, 6.45) is -1.93. The summed E-state index contributed by atoms with van der Waals surface area (Å²) in [4.78, 5) is 25.0. The van der Waals surface area contributed by atoms with E-state index >= 15 is 0 Å². The van der Waals surface area contributed by atoms with Crippen LogP contribution in [0.3, 0.4) is 0 Å². The summed E-state index contributed by atoms with van der Waals surface area (Å²) in [6.45, 7) is 8.34. The third-order valence-corrected chi connectivity index (χ3v) is 11.7. The largest absolute Gasteiger partial charge is 0.454 e. The molecule has 1 aliphatic rings. The van der Waals surface area contributed by atoms with Gasteiger partial charge in [0.25, 0.3) is 8.32 Å². The van der Waals surface area contributed by atoms with E-state index in [0.717, 1.165) is 15.9 Å². The Bertz CT molecular complexity index is 1120. The van der Waals surface area contributed by atoms with Crippen LogP contribution in [0, 0.1) is 0 Å². The smallest absolute Gasteiger partial charge is 0.338 e. The van der Waals surface area contributed by atoms with Gasteiger partial charge in [-0.2, -0.15) is 0 Å². The van der Waals surface area contributed by atoms with Gasteiger partial charge in [0.2, 0.25) is 0 Å². The van der Waals surface area contributed by atoms with Gasteiger partial charge in [-0.3, -0.25) is 4.79 Å². The number of benzene rings is 3. The summed E-state index contributed by atoms with van der Waals surface area (Å²) in [5.74, 6) is -0.440. The number of carbonyl (C=O) groups is 2. The fourth-order valence-electron chi connectivity index (χ4n) is 4.92. The van der Waals surface area contributed by atoms with Gasteiger partial charge >= 0.3 is 5.97 Å². The molecular weight excluding hydrogens is 468 g/mol. The Labute approximate surface area is 214 Å². The van der Waals surface area contributed by atoms with Crippen molar-refractivity contribution in [2.24, 2.45) is 0 Å². The van der Waals surface area contributed by atoms with Crippen LogP contribution in [0.4, 0.5) is 0 Å². The van der Waals surface area contributed by atoms with Gasteiger partial charge < -0.3 is 13.9 Å². The van der Waals surface area contributed by atoms with E-state index < -0.39 is 32.6 Å². The number of hydrogen-bond acceptors (Lipinski definition) is 5. The molecule has 6 heteroatoms. The number of cyclic esters (lactones) is 1. The molecule has 3 atom stereocenters. The lowest BCUT2D eigenvalue weighted by atomic mass is 9.99. The van der Waals surface area contributed by atoms with Crippen molar-refractivity contribution in [1.29, 1.82) is 0 Å². The Kier molecular flexibility index (Phi) is 7.88. The van der Waals surface area contributed by atoms with Crippen molar-refractivity contribution in [3.05, 3.63) is 96.6 Å². The molecule has 4 rings (SSSR count). The Morgan fingerprint density at radius 3 is 1.83 bits per heavy atom. The first kappa shape index (κ1) is 26.0. The molecule has 0 unspecified atom stereocenters. The molecule has 36 heavy (non-hydrogen) atoms. The zero-order valence-electron chi connectivity index (χ0n) is 21.3. The van der Waals surface area contributed by atoms with Crippen LogP contribution in [0.25, 0.3) is 0 Å². The van der Waals surface area contributed by atoms with Crippen LogP contribution in [0.2, 0.25) is 5.04 Å². The molecule has 1 aliphatic heterocycles. The third kappa shape index (κ3) is 5.36. The lowest BCUT2D eigenvalue weighted by Crippen LogP contribution is -2.72. The average Bonchev–Trinajstić information content (AvgIpc) is 2.86. The van der Waals surface area contributed by atoms with Gasteiger partial charge in [0, 0.05) is 6.42 Å². The van der Waals surface area contributed by atoms with Gasteiger partial charge in [-0.25, -0.2) is 4.79 Å². The van der Waals surface area contributed by atoms with E-state index in [1.165, 1.54) is 6.92 Å². The molecule has 188 valence electrons. The van der Waals surface area contributed by atoms with E-state index in [4.69, 9.17) is 13.9 Å². The first-order valence-corrected chi connectivity index (χ1v) is 14.3. The van der Waals surface area contributed by atoms with E-state index in [1.807, 2.05) is 66.7 Å². The summed E-state index contributed by atoms with van der Waals surface area (Å²) < 4.78 is 18.8. The van der Waals surface area contributed by atoms with Crippen molar-refractivity contribution in [2.75, 3.05) is 0 Å². The summed E-state index contributed by atoms with van der Waals surface area (Å²) in [5, 5.41) is 1.86. The number of Topliss-reactive ketones (excluding diaryl/α,β-unsaturated/α-hetero) is 1. The first-order chi connectivity index (χ1) is 17.2. The predicted molar refractivity (Wildman–Crippen MR) is 143 cm³/mol. The standard InChI is InChI=1S/C30H34O5Si/c1-22(31)20-26(33-21-23-14-8-5-9-15-23)27-28(29(32)34-27)35-36(30(2,3)4,24-16-10-6-11-17-24)25-18-12-7-13-19-25/h5-19,26-28H,20-21H2,1-4H3/t26-,27-,28-/m0/s1. The molecule has 1 fully saturated rings. The van der Waals surface area contributed by atoms with Gasteiger partial charge in [0.15, 0.2) is 12.2 Å². The topological polar surface area (TPSA) is 61.8 Å². The highest BCUT2D eigenvalue weighted by Crippen LogP contribution is 2.40. The maximum atomic E-state index is 12.9. The van der Waals surface area contributed by atoms with E-state index in [2.05, 4.69) is 45.0 Å². The van der Waals surface area contributed by atoms with Gasteiger partial charge in [-0.15, -0.1) is 0 Å². The molecule has 0 aromatic heterocycles. The molecular formula is C30H34O5Si. The minimum absolute atomic E-state index is 0.0276. The Morgan fingerprint density at radius 2 is 1.39 bits per heavy atom. The predicted octanol–water partition coefficient (Wildman–Crippen LogP) is 4.42. The highest BCUT2D eigenvalue weighted by Gasteiger charge is 2.58. The van der Waals surface area contributed by atoms with Crippen molar-refractivity contribution < 1.29 is 23.5 Å². The number of ether oxygens (including phenoxy) is 2. The highest BCUT2D eigenvalue weighted by atomic mass is 28.4. The second kappa shape index (κ2) is 10.9. The summed E-state index contributed by atoms with van der Waals surface area (Å²) in [6, 6.07) is 30.1. The van der Waals surface area contributed by atoms with Gasteiger partial charge in [0.05, 0.1) is 6.61 Å². The van der Waals surface area contributed by atoms with Crippen molar-refractivity contribution in [2.45, 2.75) is 64.1 Å². The zero-order chi connectivity index (χ0) is 25.8. The molecule has 0 saturated carbocycles. The molecule has 1 saturated heterocycles. The second-order valence-corrected chi connectivity index (χ2v) is 14.6. The first-order valence-electron chi connectivity index (χ1n) is 12.4. The van der Waals surface area contributed by atoms with Crippen molar-refractivity contribution in [3.8, 4) is 0 Å². The molecule has 0 amide bonds. The average molecular weight is 503 g/mol. The SMILES string of the molecule is CC(=O)C[C@H](OCc1ccccc1)[C@@H]1OC(=O)[C@H]1O[Si](c1ccccc1)(c1ccccc1)C(C)(C)C. The van der Waals surface area contributed by atoms with Crippen LogP contribution >= 0.6 is 0 Å². The van der Waals surface area contributed by atoms with E-state index in [0.29, 0.717) is 6.61 Å². The third-order valence-electron chi connectivity index (χ3n) is 6.67. The second-order valence-electron chi connectivity index (χ2n) is 10.3. The van der Waals surface area contributed by atoms with Gasteiger partial charge in [0.1, 0.15) is 11.9 Å². The van der Waals surface area contributed by atoms with Gasteiger partial charge in [-0.05, 0) is 27.9 Å². The Morgan fingerprint density at radius 1 is 0.889 bits per heavy atom. The van der Waals surface area contributed by atoms with Gasteiger partial charge in [-0.1, -0.05) is 112 Å². The molecule has 0 N–H and O–H groups in total. The number of ketones is 1. The lowest BCUT2D eigenvalue weighted by Gasteiger charge is -2.49.